The number of ether oxygens (including phenoxy) is 2. The number of nitrogens with one attached hydrogen (secondary N) is 1. The van der Waals surface area contributed by atoms with Gasteiger partial charge in [-0.1, -0.05) is 19.1 Å². The van der Waals surface area contributed by atoms with Gasteiger partial charge in [0.05, 0.1) is 30.3 Å². The lowest BCUT2D eigenvalue weighted by atomic mass is 10.0. The first kappa shape index (κ1) is 28.4. The third-order valence-corrected chi connectivity index (χ3v) is 8.47. The summed E-state index contributed by atoms with van der Waals surface area (Å²) in [6.07, 6.45) is 2.57. The maximum atomic E-state index is 13.7. The molecular formula is C28H34N2O5S2. The molecule has 0 fully saturated rings. The van der Waals surface area contributed by atoms with Gasteiger partial charge in [0.15, 0.2) is 0 Å². The second kappa shape index (κ2) is 12.9. The molecule has 7 nitrogen and oxygen atoms in total. The number of nitrogens with zero attached hydrogens (tertiary/aromatic N) is 1. The summed E-state index contributed by atoms with van der Waals surface area (Å²) >= 11 is 1.53. The molecule has 0 heterocycles. The molecule has 3 rings (SSSR count). The molecular weight excluding hydrogens is 508 g/mol. The molecule has 1 N–H and O–H groups in total. The summed E-state index contributed by atoms with van der Waals surface area (Å²) in [5.41, 5.74) is 2.26. The topological polar surface area (TPSA) is 84.9 Å². The normalized spacial score (nSPS) is 12.0. The van der Waals surface area contributed by atoms with Crippen molar-refractivity contribution in [3.8, 4) is 11.5 Å². The number of carbonyl (C=O) groups excluding carboxylic acids is 1. The van der Waals surface area contributed by atoms with E-state index in [0.717, 1.165) is 26.1 Å². The van der Waals surface area contributed by atoms with Crippen LogP contribution in [0.25, 0.3) is 0 Å². The highest BCUT2D eigenvalue weighted by Crippen LogP contribution is 2.28. The van der Waals surface area contributed by atoms with Crippen LogP contribution in [0, 0.1) is 6.92 Å². The molecule has 198 valence electrons. The number of sulfonamides is 1. The van der Waals surface area contributed by atoms with E-state index in [1.807, 2.05) is 45.2 Å². The van der Waals surface area contributed by atoms with Crippen LogP contribution in [-0.2, 0) is 14.8 Å². The summed E-state index contributed by atoms with van der Waals surface area (Å²) in [6.45, 7) is 5.92. The van der Waals surface area contributed by atoms with Crippen LogP contribution in [0.2, 0.25) is 0 Å². The molecule has 0 bridgehead atoms. The lowest BCUT2D eigenvalue weighted by Crippen LogP contribution is -2.42. The first-order chi connectivity index (χ1) is 17.7. The Kier molecular flexibility index (Phi) is 9.88. The maximum absolute atomic E-state index is 13.7. The molecule has 0 aliphatic heterocycles. The van der Waals surface area contributed by atoms with Crippen LogP contribution in [0.15, 0.2) is 76.5 Å². The lowest BCUT2D eigenvalue weighted by Gasteiger charge is -2.26. The Labute approximate surface area is 224 Å². The smallest absolute Gasteiger partial charge is 0.264 e. The fourth-order valence-electron chi connectivity index (χ4n) is 3.98. The van der Waals surface area contributed by atoms with Gasteiger partial charge < -0.3 is 14.8 Å². The highest BCUT2D eigenvalue weighted by molar-refractivity contribution is 7.98. The van der Waals surface area contributed by atoms with Crippen LogP contribution in [0.4, 0.5) is 5.69 Å². The van der Waals surface area contributed by atoms with E-state index < -0.39 is 15.9 Å². The van der Waals surface area contributed by atoms with E-state index in [-0.39, 0.29) is 17.5 Å². The predicted octanol–water partition coefficient (Wildman–Crippen LogP) is 5.59. The number of carbonyl (C=O) groups is 1. The number of hydrogen-bond donors (Lipinski definition) is 1. The Balaban J connectivity index is 1.91. The van der Waals surface area contributed by atoms with E-state index >= 15 is 0 Å². The Morgan fingerprint density at radius 2 is 1.70 bits per heavy atom. The molecule has 1 amide bonds. The molecule has 0 spiro atoms. The zero-order chi connectivity index (χ0) is 27.0. The van der Waals surface area contributed by atoms with Gasteiger partial charge in [-0.15, -0.1) is 11.8 Å². The number of benzene rings is 3. The van der Waals surface area contributed by atoms with Crippen LogP contribution in [-0.4, -0.2) is 40.8 Å². The number of anilines is 1. The van der Waals surface area contributed by atoms with Crippen molar-refractivity contribution in [2.75, 3.05) is 30.8 Å². The molecule has 3 aromatic carbocycles. The lowest BCUT2D eigenvalue weighted by molar-refractivity contribution is -0.120. The number of methoxy groups -OCH3 is 1. The van der Waals surface area contributed by atoms with Crippen molar-refractivity contribution in [2.24, 2.45) is 0 Å². The maximum Gasteiger partial charge on any atom is 0.264 e. The highest BCUT2D eigenvalue weighted by Gasteiger charge is 2.28. The number of rotatable bonds is 12. The van der Waals surface area contributed by atoms with Gasteiger partial charge in [0.25, 0.3) is 10.0 Å². The minimum Gasteiger partial charge on any atom is -0.496 e. The fraction of sp³-hybridized carbons (Fsp3) is 0.321. The van der Waals surface area contributed by atoms with E-state index in [1.165, 1.54) is 11.8 Å². The second-order valence-electron chi connectivity index (χ2n) is 8.37. The van der Waals surface area contributed by atoms with Gasteiger partial charge in [-0.05, 0) is 92.2 Å². The van der Waals surface area contributed by atoms with Crippen LogP contribution >= 0.6 is 11.8 Å². The SMILES string of the molecule is CCOc1ccc(N(CC(=O)NC(CC)c2ccc(OC)c(C)c2)S(=O)(=O)c2ccc(SC)cc2)cc1. The van der Waals surface area contributed by atoms with Crippen LogP contribution in [0.1, 0.15) is 37.4 Å². The average molecular weight is 543 g/mol. The van der Waals surface area contributed by atoms with Gasteiger partial charge >= 0.3 is 0 Å². The van der Waals surface area contributed by atoms with Crippen molar-refractivity contribution in [1.29, 1.82) is 0 Å². The molecule has 3 aromatic rings. The third kappa shape index (κ3) is 6.99. The Hall–Kier alpha value is -3.17. The average Bonchev–Trinajstić information content (AvgIpc) is 2.91. The van der Waals surface area contributed by atoms with Gasteiger partial charge in [0.1, 0.15) is 18.0 Å². The number of hydrogen-bond acceptors (Lipinski definition) is 6. The molecule has 1 unspecified atom stereocenters. The number of aryl methyl sites for hydroxylation is 1. The summed E-state index contributed by atoms with van der Waals surface area (Å²) in [5, 5.41) is 3.01. The molecule has 37 heavy (non-hydrogen) atoms. The number of amides is 1. The van der Waals surface area contributed by atoms with Crippen molar-refractivity contribution in [3.63, 3.8) is 0 Å². The monoisotopic (exact) mass is 542 g/mol. The Morgan fingerprint density at radius 1 is 1.03 bits per heavy atom. The van der Waals surface area contributed by atoms with Gasteiger partial charge in [0.2, 0.25) is 5.91 Å². The van der Waals surface area contributed by atoms with E-state index in [0.29, 0.717) is 24.5 Å². The van der Waals surface area contributed by atoms with Gasteiger partial charge in [0, 0.05) is 4.90 Å². The van der Waals surface area contributed by atoms with Gasteiger partial charge in [-0.25, -0.2) is 8.42 Å². The Bertz CT molecular complexity index is 1290. The molecule has 0 aliphatic rings. The molecule has 0 aromatic heterocycles. The van der Waals surface area contributed by atoms with E-state index in [2.05, 4.69) is 5.32 Å². The summed E-state index contributed by atoms with van der Waals surface area (Å²) < 4.78 is 39.4. The van der Waals surface area contributed by atoms with Gasteiger partial charge in [-0.3, -0.25) is 9.10 Å². The van der Waals surface area contributed by atoms with Crippen LogP contribution in [0.5, 0.6) is 11.5 Å². The fourth-order valence-corrected chi connectivity index (χ4v) is 5.80. The quantitative estimate of drug-likeness (QED) is 0.301. The van der Waals surface area contributed by atoms with Crippen molar-refractivity contribution in [3.05, 3.63) is 77.9 Å². The van der Waals surface area contributed by atoms with Crippen molar-refractivity contribution < 1.29 is 22.7 Å². The predicted molar refractivity (Wildman–Crippen MR) is 149 cm³/mol. The minimum atomic E-state index is -4.02. The largest absolute Gasteiger partial charge is 0.496 e. The molecule has 1 atom stereocenters. The van der Waals surface area contributed by atoms with Crippen LogP contribution < -0.4 is 19.1 Å². The summed E-state index contributed by atoms with van der Waals surface area (Å²) in [7, 11) is -2.40. The van der Waals surface area contributed by atoms with E-state index in [9.17, 15) is 13.2 Å². The second-order valence-corrected chi connectivity index (χ2v) is 11.1. The first-order valence-corrected chi connectivity index (χ1v) is 14.7. The van der Waals surface area contributed by atoms with Crippen molar-refractivity contribution >= 4 is 33.4 Å². The molecule has 0 saturated heterocycles. The summed E-state index contributed by atoms with van der Waals surface area (Å²) in [5.74, 6) is 0.988. The zero-order valence-corrected chi connectivity index (χ0v) is 23.5. The van der Waals surface area contributed by atoms with Crippen LogP contribution in [0.3, 0.4) is 0 Å². The van der Waals surface area contributed by atoms with Gasteiger partial charge in [-0.2, -0.15) is 0 Å². The first-order valence-electron chi connectivity index (χ1n) is 12.1. The zero-order valence-electron chi connectivity index (χ0n) is 21.9. The van der Waals surface area contributed by atoms with Crippen molar-refractivity contribution in [2.45, 2.75) is 43.0 Å². The third-order valence-electron chi connectivity index (χ3n) is 5.94. The summed E-state index contributed by atoms with van der Waals surface area (Å²) in [4.78, 5) is 14.3. The molecule has 9 heteroatoms. The van der Waals surface area contributed by atoms with E-state index in [4.69, 9.17) is 9.47 Å². The number of thioether (sulfide) groups is 1. The van der Waals surface area contributed by atoms with Crippen molar-refractivity contribution in [1.82, 2.24) is 5.32 Å². The minimum absolute atomic E-state index is 0.116. The van der Waals surface area contributed by atoms with E-state index in [1.54, 1.807) is 55.6 Å². The molecule has 0 saturated carbocycles. The molecule has 0 radical (unpaired) electrons. The Morgan fingerprint density at radius 3 is 2.24 bits per heavy atom. The molecule has 0 aliphatic carbocycles. The standard InChI is InChI=1S/C28H34N2O5S2/c1-6-26(21-8-17-27(34-4)20(3)18-21)29-28(31)19-30(22-9-11-23(12-10-22)35-7-2)37(32,33)25-15-13-24(36-5)14-16-25/h8-18,26H,6-7,19H2,1-5H3,(H,29,31). The summed E-state index contributed by atoms with van der Waals surface area (Å²) in [6, 6.07) is 18.8. The highest BCUT2D eigenvalue weighted by atomic mass is 32.2.